The van der Waals surface area contributed by atoms with Gasteiger partial charge in [-0.15, -0.1) is 0 Å². The van der Waals surface area contributed by atoms with E-state index in [1.54, 1.807) is 20.8 Å². The molecule has 7 heteroatoms. The van der Waals surface area contributed by atoms with E-state index in [2.05, 4.69) is 20.8 Å². The maximum absolute atomic E-state index is 12.7. The molecule has 1 saturated heterocycles. The zero-order chi connectivity index (χ0) is 21.7. The molecule has 1 fully saturated rings. The van der Waals surface area contributed by atoms with E-state index < -0.39 is 11.6 Å². The van der Waals surface area contributed by atoms with Gasteiger partial charge in [-0.2, -0.15) is 0 Å². The van der Waals surface area contributed by atoms with Gasteiger partial charge in [0, 0.05) is 48.0 Å². The molecule has 2 aromatic carbocycles. The Balaban J connectivity index is 1.62. The number of halogens is 1. The number of hydrogen-bond acceptors (Lipinski definition) is 5. The standard InChI is InChI=1S/C23H27BrN2O4/c1-4-29-22(28)23(2,3)30-20-7-5-6-19(16-20)25-12-14-26(15-13-25)21(27)17-8-10-18(24)11-9-17/h5-11,16H,4,12-15H2,1-3H3. The average Bonchev–Trinajstić information content (AvgIpc) is 2.74. The summed E-state index contributed by atoms with van der Waals surface area (Å²) in [4.78, 5) is 28.9. The molecule has 0 N–H and O–H groups in total. The summed E-state index contributed by atoms with van der Waals surface area (Å²) in [6.45, 7) is 8.24. The lowest BCUT2D eigenvalue weighted by molar-refractivity contribution is -0.158. The SMILES string of the molecule is CCOC(=O)C(C)(C)Oc1cccc(N2CCN(C(=O)c3ccc(Br)cc3)CC2)c1. The monoisotopic (exact) mass is 474 g/mol. The predicted octanol–water partition coefficient (Wildman–Crippen LogP) is 4.13. The summed E-state index contributed by atoms with van der Waals surface area (Å²) in [5, 5.41) is 0. The first-order valence-corrected chi connectivity index (χ1v) is 10.9. The van der Waals surface area contributed by atoms with Crippen molar-refractivity contribution in [2.75, 3.05) is 37.7 Å². The van der Waals surface area contributed by atoms with Gasteiger partial charge in [-0.25, -0.2) is 4.79 Å². The minimum Gasteiger partial charge on any atom is -0.476 e. The van der Waals surface area contributed by atoms with Crippen LogP contribution < -0.4 is 9.64 Å². The number of benzene rings is 2. The molecule has 2 aromatic rings. The van der Waals surface area contributed by atoms with Gasteiger partial charge in [-0.05, 0) is 57.2 Å². The molecule has 0 bridgehead atoms. The lowest BCUT2D eigenvalue weighted by Crippen LogP contribution is -2.48. The first-order chi connectivity index (χ1) is 14.3. The normalized spacial score (nSPS) is 14.4. The van der Waals surface area contributed by atoms with Crippen molar-refractivity contribution in [1.29, 1.82) is 0 Å². The molecule has 30 heavy (non-hydrogen) atoms. The second-order valence-corrected chi connectivity index (χ2v) is 8.53. The van der Waals surface area contributed by atoms with Crippen LogP contribution in [-0.4, -0.2) is 55.2 Å². The van der Waals surface area contributed by atoms with E-state index in [4.69, 9.17) is 9.47 Å². The van der Waals surface area contributed by atoms with Gasteiger partial charge in [0.05, 0.1) is 6.61 Å². The zero-order valence-electron chi connectivity index (χ0n) is 17.6. The maximum Gasteiger partial charge on any atom is 0.349 e. The van der Waals surface area contributed by atoms with Crippen LogP contribution in [0.2, 0.25) is 0 Å². The molecule has 0 saturated carbocycles. The van der Waals surface area contributed by atoms with E-state index in [0.29, 0.717) is 31.0 Å². The molecule has 0 spiro atoms. The van der Waals surface area contributed by atoms with E-state index in [9.17, 15) is 9.59 Å². The molecule has 1 aliphatic heterocycles. The van der Waals surface area contributed by atoms with Crippen LogP contribution in [0.3, 0.4) is 0 Å². The zero-order valence-corrected chi connectivity index (χ0v) is 19.1. The van der Waals surface area contributed by atoms with Gasteiger partial charge >= 0.3 is 5.97 Å². The second-order valence-electron chi connectivity index (χ2n) is 7.62. The Bertz CT molecular complexity index is 890. The van der Waals surface area contributed by atoms with Crippen LogP contribution in [0.15, 0.2) is 53.0 Å². The highest BCUT2D eigenvalue weighted by atomic mass is 79.9. The van der Waals surface area contributed by atoms with Crippen molar-refractivity contribution in [3.05, 3.63) is 58.6 Å². The molecule has 0 unspecified atom stereocenters. The van der Waals surface area contributed by atoms with Gasteiger partial charge in [0.25, 0.3) is 5.91 Å². The quantitative estimate of drug-likeness (QED) is 0.589. The highest BCUT2D eigenvalue weighted by Gasteiger charge is 2.32. The first-order valence-electron chi connectivity index (χ1n) is 10.1. The lowest BCUT2D eigenvalue weighted by Gasteiger charge is -2.36. The van der Waals surface area contributed by atoms with Crippen LogP contribution in [0.5, 0.6) is 5.75 Å². The fraction of sp³-hybridized carbons (Fsp3) is 0.391. The van der Waals surface area contributed by atoms with Crippen molar-refractivity contribution in [2.24, 2.45) is 0 Å². The Hall–Kier alpha value is -2.54. The fourth-order valence-corrected chi connectivity index (χ4v) is 3.59. The maximum atomic E-state index is 12.7. The Labute approximate surface area is 185 Å². The molecule has 0 aliphatic carbocycles. The van der Waals surface area contributed by atoms with E-state index >= 15 is 0 Å². The summed E-state index contributed by atoms with van der Waals surface area (Å²) in [6, 6.07) is 15.1. The highest BCUT2D eigenvalue weighted by molar-refractivity contribution is 9.10. The first kappa shape index (κ1) is 22.2. The van der Waals surface area contributed by atoms with Crippen LogP contribution >= 0.6 is 15.9 Å². The second kappa shape index (κ2) is 9.51. The topological polar surface area (TPSA) is 59.1 Å². The lowest BCUT2D eigenvalue weighted by atomic mass is 10.1. The van der Waals surface area contributed by atoms with Crippen molar-refractivity contribution in [3.8, 4) is 5.75 Å². The van der Waals surface area contributed by atoms with Crippen molar-refractivity contribution in [2.45, 2.75) is 26.4 Å². The van der Waals surface area contributed by atoms with Crippen LogP contribution in [0.1, 0.15) is 31.1 Å². The van der Waals surface area contributed by atoms with E-state index in [1.807, 2.05) is 53.4 Å². The fourth-order valence-electron chi connectivity index (χ4n) is 3.33. The third kappa shape index (κ3) is 5.33. The van der Waals surface area contributed by atoms with Crippen LogP contribution in [0.25, 0.3) is 0 Å². The molecule has 1 amide bonds. The molecule has 160 valence electrons. The van der Waals surface area contributed by atoms with Gasteiger partial charge in [0.1, 0.15) is 5.75 Å². The number of carbonyl (C=O) groups is 2. The summed E-state index contributed by atoms with van der Waals surface area (Å²) in [7, 11) is 0. The Kier molecular flexibility index (Phi) is 7.02. The molecule has 0 aromatic heterocycles. The van der Waals surface area contributed by atoms with Gasteiger partial charge in [-0.3, -0.25) is 4.79 Å². The molecular formula is C23H27BrN2O4. The van der Waals surface area contributed by atoms with Crippen LogP contribution in [0.4, 0.5) is 5.69 Å². The van der Waals surface area contributed by atoms with Gasteiger partial charge in [0.15, 0.2) is 5.60 Å². The van der Waals surface area contributed by atoms with Crippen molar-refractivity contribution < 1.29 is 19.1 Å². The van der Waals surface area contributed by atoms with Crippen molar-refractivity contribution in [1.82, 2.24) is 4.90 Å². The Morgan fingerprint density at radius 1 is 1.03 bits per heavy atom. The molecule has 1 heterocycles. The molecular weight excluding hydrogens is 448 g/mol. The van der Waals surface area contributed by atoms with Gasteiger partial charge in [0.2, 0.25) is 0 Å². The Morgan fingerprint density at radius 2 is 1.70 bits per heavy atom. The number of ether oxygens (including phenoxy) is 2. The minimum absolute atomic E-state index is 0.0513. The van der Waals surface area contributed by atoms with Crippen LogP contribution in [0, 0.1) is 0 Å². The molecule has 1 aliphatic rings. The number of piperazine rings is 1. The number of carbonyl (C=O) groups excluding carboxylic acids is 2. The number of rotatable bonds is 6. The van der Waals surface area contributed by atoms with Crippen LogP contribution in [-0.2, 0) is 9.53 Å². The highest BCUT2D eigenvalue weighted by Crippen LogP contribution is 2.26. The number of nitrogens with zero attached hydrogens (tertiary/aromatic N) is 2. The largest absolute Gasteiger partial charge is 0.476 e. The number of hydrogen-bond donors (Lipinski definition) is 0. The minimum atomic E-state index is -1.07. The third-order valence-electron chi connectivity index (χ3n) is 4.98. The number of amides is 1. The summed E-state index contributed by atoms with van der Waals surface area (Å²) < 4.78 is 11.9. The van der Waals surface area contributed by atoms with E-state index in [-0.39, 0.29) is 5.91 Å². The van der Waals surface area contributed by atoms with Crippen molar-refractivity contribution in [3.63, 3.8) is 0 Å². The third-order valence-corrected chi connectivity index (χ3v) is 5.51. The number of anilines is 1. The Morgan fingerprint density at radius 3 is 2.33 bits per heavy atom. The predicted molar refractivity (Wildman–Crippen MR) is 120 cm³/mol. The summed E-state index contributed by atoms with van der Waals surface area (Å²) in [5.41, 5.74) is 0.635. The van der Waals surface area contributed by atoms with Crippen molar-refractivity contribution >= 4 is 33.5 Å². The smallest absolute Gasteiger partial charge is 0.349 e. The van der Waals surface area contributed by atoms with E-state index in [1.165, 1.54) is 0 Å². The number of esters is 1. The molecule has 6 nitrogen and oxygen atoms in total. The summed E-state index contributed by atoms with van der Waals surface area (Å²) >= 11 is 3.40. The van der Waals surface area contributed by atoms with E-state index in [0.717, 1.165) is 23.2 Å². The van der Waals surface area contributed by atoms with Gasteiger partial charge in [-0.1, -0.05) is 22.0 Å². The molecule has 3 rings (SSSR count). The molecule has 0 radical (unpaired) electrons. The summed E-state index contributed by atoms with van der Waals surface area (Å²) in [6.07, 6.45) is 0. The average molecular weight is 475 g/mol. The van der Waals surface area contributed by atoms with Gasteiger partial charge < -0.3 is 19.3 Å². The molecule has 0 atom stereocenters. The summed E-state index contributed by atoms with van der Waals surface area (Å²) in [5.74, 6) is 0.268.